The molecule has 1 aromatic carbocycles. The van der Waals surface area contributed by atoms with Gasteiger partial charge in [-0.15, -0.1) is 0 Å². The molecule has 1 fully saturated rings. The molecule has 1 heterocycles. The van der Waals surface area contributed by atoms with E-state index in [-0.39, 0.29) is 5.41 Å². The molecule has 0 spiro atoms. The first-order valence-corrected chi connectivity index (χ1v) is 7.63. The van der Waals surface area contributed by atoms with Crippen LogP contribution < -0.4 is 9.47 Å². The van der Waals surface area contributed by atoms with E-state index < -0.39 is 0 Å². The molecule has 2 unspecified atom stereocenters. The zero-order chi connectivity index (χ0) is 12.6. The molecule has 2 atom stereocenters. The van der Waals surface area contributed by atoms with E-state index >= 15 is 0 Å². The zero-order valence-corrected chi connectivity index (χ0v) is 12.3. The summed E-state index contributed by atoms with van der Waals surface area (Å²) in [6.45, 7) is 3.87. The number of alkyl halides is 1. The first kappa shape index (κ1) is 12.3. The molecule has 18 heavy (non-hydrogen) atoms. The molecule has 0 aromatic heterocycles. The number of benzene rings is 1. The maximum atomic E-state index is 5.78. The van der Waals surface area contributed by atoms with E-state index in [2.05, 4.69) is 41.1 Å². The van der Waals surface area contributed by atoms with Crippen LogP contribution in [0.15, 0.2) is 18.2 Å². The van der Waals surface area contributed by atoms with Crippen LogP contribution in [-0.2, 0) is 5.41 Å². The van der Waals surface area contributed by atoms with Crippen LogP contribution in [0, 0.1) is 0 Å². The van der Waals surface area contributed by atoms with Crippen molar-refractivity contribution < 1.29 is 9.47 Å². The van der Waals surface area contributed by atoms with Crippen molar-refractivity contribution in [1.29, 1.82) is 0 Å². The Morgan fingerprint density at radius 2 is 2.00 bits per heavy atom. The highest BCUT2D eigenvalue weighted by molar-refractivity contribution is 9.09. The lowest BCUT2D eigenvalue weighted by Crippen LogP contribution is -2.17. The minimum Gasteiger partial charge on any atom is -0.490 e. The maximum Gasteiger partial charge on any atom is 0.161 e. The van der Waals surface area contributed by atoms with Crippen molar-refractivity contribution in [3.8, 4) is 11.5 Å². The van der Waals surface area contributed by atoms with Crippen molar-refractivity contribution >= 4 is 15.9 Å². The van der Waals surface area contributed by atoms with Gasteiger partial charge in [-0.05, 0) is 42.4 Å². The van der Waals surface area contributed by atoms with Gasteiger partial charge in [-0.25, -0.2) is 0 Å². The van der Waals surface area contributed by atoms with Gasteiger partial charge in [0.25, 0.3) is 0 Å². The van der Waals surface area contributed by atoms with E-state index in [0.29, 0.717) is 4.83 Å². The smallest absolute Gasteiger partial charge is 0.161 e. The number of hydrogen-bond donors (Lipinski definition) is 0. The van der Waals surface area contributed by atoms with Crippen molar-refractivity contribution in [3.63, 3.8) is 0 Å². The standard InChI is InChI=1S/C15H19BrO2/c1-15(6-5-12(16)10-15)11-3-4-13-14(9-11)18-8-2-7-17-13/h3-4,9,12H,2,5-8,10H2,1H3. The summed E-state index contributed by atoms with van der Waals surface area (Å²) in [4.78, 5) is 0.651. The van der Waals surface area contributed by atoms with E-state index in [1.54, 1.807) is 0 Å². The summed E-state index contributed by atoms with van der Waals surface area (Å²) >= 11 is 3.74. The van der Waals surface area contributed by atoms with Gasteiger partial charge in [0.05, 0.1) is 13.2 Å². The summed E-state index contributed by atoms with van der Waals surface area (Å²) in [7, 11) is 0. The highest BCUT2D eigenvalue weighted by atomic mass is 79.9. The normalized spacial score (nSPS) is 31.1. The van der Waals surface area contributed by atoms with E-state index in [4.69, 9.17) is 9.47 Å². The fourth-order valence-corrected chi connectivity index (χ4v) is 3.91. The summed E-state index contributed by atoms with van der Waals surface area (Å²) < 4.78 is 11.5. The molecule has 0 amide bonds. The fraction of sp³-hybridized carbons (Fsp3) is 0.600. The predicted octanol–water partition coefficient (Wildman–Crippen LogP) is 4.05. The first-order chi connectivity index (χ1) is 8.67. The van der Waals surface area contributed by atoms with E-state index in [0.717, 1.165) is 31.1 Å². The maximum absolute atomic E-state index is 5.78. The summed E-state index contributed by atoms with van der Waals surface area (Å²) in [5.41, 5.74) is 1.66. The van der Waals surface area contributed by atoms with Crippen LogP contribution in [-0.4, -0.2) is 18.0 Å². The van der Waals surface area contributed by atoms with Gasteiger partial charge in [0.15, 0.2) is 11.5 Å². The first-order valence-electron chi connectivity index (χ1n) is 6.72. The Morgan fingerprint density at radius 3 is 2.72 bits per heavy atom. The Hall–Kier alpha value is -0.700. The molecule has 2 aliphatic rings. The minimum atomic E-state index is 0.277. The number of hydrogen-bond acceptors (Lipinski definition) is 2. The van der Waals surface area contributed by atoms with Crippen molar-refractivity contribution in [2.75, 3.05) is 13.2 Å². The predicted molar refractivity (Wildman–Crippen MR) is 76.0 cm³/mol. The van der Waals surface area contributed by atoms with Crippen LogP contribution in [0.4, 0.5) is 0 Å². The molecule has 2 nitrogen and oxygen atoms in total. The highest BCUT2D eigenvalue weighted by Crippen LogP contribution is 2.45. The Morgan fingerprint density at radius 1 is 1.22 bits per heavy atom. The minimum absolute atomic E-state index is 0.277. The lowest BCUT2D eigenvalue weighted by molar-refractivity contribution is 0.296. The molecule has 1 saturated carbocycles. The molecule has 0 N–H and O–H groups in total. The van der Waals surface area contributed by atoms with Gasteiger partial charge >= 0.3 is 0 Å². The van der Waals surface area contributed by atoms with Gasteiger partial charge < -0.3 is 9.47 Å². The molecule has 0 saturated heterocycles. The van der Waals surface area contributed by atoms with E-state index in [9.17, 15) is 0 Å². The molecule has 98 valence electrons. The van der Waals surface area contributed by atoms with Crippen molar-refractivity contribution in [3.05, 3.63) is 23.8 Å². The highest BCUT2D eigenvalue weighted by Gasteiger charge is 2.35. The SMILES string of the molecule is CC1(c2ccc3c(c2)OCCCO3)CCC(Br)C1. The van der Waals surface area contributed by atoms with Gasteiger partial charge in [-0.2, -0.15) is 0 Å². The topological polar surface area (TPSA) is 18.5 Å². The summed E-state index contributed by atoms with van der Waals surface area (Å²) in [6, 6.07) is 6.47. The van der Waals surface area contributed by atoms with Crippen LogP contribution in [0.2, 0.25) is 0 Å². The Bertz CT molecular complexity index is 446. The van der Waals surface area contributed by atoms with Crippen molar-refractivity contribution in [2.45, 2.75) is 42.8 Å². The van der Waals surface area contributed by atoms with Crippen LogP contribution >= 0.6 is 15.9 Å². The number of fused-ring (bicyclic) bond motifs is 1. The lowest BCUT2D eigenvalue weighted by Gasteiger charge is -2.25. The average Bonchev–Trinajstić information content (AvgIpc) is 2.60. The van der Waals surface area contributed by atoms with Gasteiger partial charge in [0.2, 0.25) is 0 Å². The van der Waals surface area contributed by atoms with Gasteiger partial charge in [0.1, 0.15) is 0 Å². The molecule has 0 radical (unpaired) electrons. The summed E-state index contributed by atoms with van der Waals surface area (Å²) in [5, 5.41) is 0. The van der Waals surface area contributed by atoms with Crippen LogP contribution in [0.25, 0.3) is 0 Å². The van der Waals surface area contributed by atoms with Gasteiger partial charge in [0, 0.05) is 11.2 Å². The van der Waals surface area contributed by atoms with E-state index in [1.165, 1.54) is 24.8 Å². The van der Waals surface area contributed by atoms with Crippen LogP contribution in [0.3, 0.4) is 0 Å². The summed E-state index contributed by atoms with van der Waals surface area (Å²) in [5.74, 6) is 1.82. The third-order valence-electron chi connectivity index (χ3n) is 4.13. The Labute approximate surface area is 117 Å². The zero-order valence-electron chi connectivity index (χ0n) is 10.7. The van der Waals surface area contributed by atoms with Crippen LogP contribution in [0.1, 0.15) is 38.2 Å². The molecule has 3 heteroatoms. The molecule has 3 rings (SSSR count). The fourth-order valence-electron chi connectivity index (χ4n) is 2.97. The van der Waals surface area contributed by atoms with Gasteiger partial charge in [-0.1, -0.05) is 28.9 Å². The molecule has 1 aliphatic heterocycles. The number of halogens is 1. The molecular formula is C15H19BrO2. The third-order valence-corrected chi connectivity index (χ3v) is 4.91. The number of rotatable bonds is 1. The monoisotopic (exact) mass is 310 g/mol. The lowest BCUT2D eigenvalue weighted by atomic mass is 9.81. The van der Waals surface area contributed by atoms with E-state index in [1.807, 2.05) is 0 Å². The Balaban J connectivity index is 1.92. The van der Waals surface area contributed by atoms with Crippen LogP contribution in [0.5, 0.6) is 11.5 Å². The van der Waals surface area contributed by atoms with Crippen molar-refractivity contribution in [2.24, 2.45) is 0 Å². The largest absolute Gasteiger partial charge is 0.490 e. The quantitative estimate of drug-likeness (QED) is 0.728. The molecule has 1 aromatic rings. The third kappa shape index (κ3) is 2.25. The average molecular weight is 311 g/mol. The molecule has 0 bridgehead atoms. The second kappa shape index (κ2) is 4.76. The van der Waals surface area contributed by atoms with Gasteiger partial charge in [-0.3, -0.25) is 0 Å². The van der Waals surface area contributed by atoms with Crippen molar-refractivity contribution in [1.82, 2.24) is 0 Å². The molecule has 1 aliphatic carbocycles. The number of ether oxygens (including phenoxy) is 2. The molecular weight excluding hydrogens is 292 g/mol. The second-order valence-electron chi connectivity index (χ2n) is 5.61. The summed E-state index contributed by atoms with van der Waals surface area (Å²) in [6.07, 6.45) is 4.66. The second-order valence-corrected chi connectivity index (χ2v) is 6.91. The Kier molecular flexibility index (Phi) is 3.27.